The third kappa shape index (κ3) is 1.66. The lowest BCUT2D eigenvalue weighted by molar-refractivity contribution is -0.0588. The predicted molar refractivity (Wildman–Crippen MR) is 47.7 cm³/mol. The second-order valence-corrected chi connectivity index (χ2v) is 3.39. The van der Waals surface area contributed by atoms with Gasteiger partial charge in [0.25, 0.3) is 5.82 Å². The highest BCUT2D eigenvalue weighted by Gasteiger charge is 2.43. The molecule has 1 saturated heterocycles. The standard InChI is InChI=1S/C8H10N4O4/c9-1-5-10-3-12(11-5)8-7(15)6(14)4(2-13)16-8/h3-4,6-8,13-15H,2H2/t4-,6-,7-,8+/m1/s1. The van der Waals surface area contributed by atoms with Crippen molar-refractivity contribution in [3.05, 3.63) is 12.2 Å². The van der Waals surface area contributed by atoms with E-state index in [4.69, 9.17) is 15.1 Å². The summed E-state index contributed by atoms with van der Waals surface area (Å²) >= 11 is 0. The van der Waals surface area contributed by atoms with Crippen LogP contribution < -0.4 is 0 Å². The molecule has 1 aliphatic heterocycles. The molecule has 4 atom stereocenters. The van der Waals surface area contributed by atoms with Crippen molar-refractivity contribution in [3.8, 4) is 6.07 Å². The second-order valence-electron chi connectivity index (χ2n) is 3.39. The Morgan fingerprint density at radius 2 is 2.25 bits per heavy atom. The molecule has 2 heterocycles. The molecule has 86 valence electrons. The van der Waals surface area contributed by atoms with Crippen LogP contribution in [0.1, 0.15) is 12.1 Å². The minimum absolute atomic E-state index is 0.0576. The van der Waals surface area contributed by atoms with Gasteiger partial charge in [0.2, 0.25) is 0 Å². The van der Waals surface area contributed by atoms with Crippen LogP contribution in [0, 0.1) is 11.3 Å². The minimum Gasteiger partial charge on any atom is -0.394 e. The second kappa shape index (κ2) is 4.15. The molecule has 0 amide bonds. The van der Waals surface area contributed by atoms with Gasteiger partial charge in [-0.15, -0.1) is 5.10 Å². The molecule has 0 saturated carbocycles. The van der Waals surface area contributed by atoms with Crippen LogP contribution in [0.3, 0.4) is 0 Å². The molecule has 0 unspecified atom stereocenters. The average Bonchev–Trinajstić information content (AvgIpc) is 2.86. The Morgan fingerprint density at radius 1 is 1.50 bits per heavy atom. The van der Waals surface area contributed by atoms with Gasteiger partial charge in [0.1, 0.15) is 30.7 Å². The number of nitriles is 1. The summed E-state index contributed by atoms with van der Waals surface area (Å²) in [6.45, 7) is -0.408. The van der Waals surface area contributed by atoms with Gasteiger partial charge in [0.15, 0.2) is 6.23 Å². The highest BCUT2D eigenvalue weighted by Crippen LogP contribution is 2.28. The first kappa shape index (κ1) is 11.0. The molecule has 2 rings (SSSR count). The van der Waals surface area contributed by atoms with E-state index in [1.807, 2.05) is 0 Å². The Bertz CT molecular complexity index is 414. The fourth-order valence-corrected chi connectivity index (χ4v) is 1.55. The smallest absolute Gasteiger partial charge is 0.252 e. The summed E-state index contributed by atoms with van der Waals surface area (Å²) in [7, 11) is 0. The number of rotatable bonds is 2. The summed E-state index contributed by atoms with van der Waals surface area (Å²) < 4.78 is 6.32. The van der Waals surface area contributed by atoms with Crippen LogP contribution in [0.4, 0.5) is 0 Å². The van der Waals surface area contributed by atoms with Crippen molar-refractivity contribution >= 4 is 0 Å². The maximum Gasteiger partial charge on any atom is 0.252 e. The van der Waals surface area contributed by atoms with E-state index in [2.05, 4.69) is 10.1 Å². The van der Waals surface area contributed by atoms with Gasteiger partial charge in [-0.2, -0.15) is 5.26 Å². The zero-order valence-corrected chi connectivity index (χ0v) is 8.13. The SMILES string of the molecule is N#Cc1ncn([C@H]2O[C@H](CO)[C@@H](O)[C@H]2O)n1. The molecule has 1 aliphatic rings. The molecule has 0 aliphatic carbocycles. The van der Waals surface area contributed by atoms with Gasteiger partial charge in [-0.25, -0.2) is 9.67 Å². The van der Waals surface area contributed by atoms with E-state index in [-0.39, 0.29) is 5.82 Å². The van der Waals surface area contributed by atoms with E-state index in [9.17, 15) is 10.2 Å². The fourth-order valence-electron chi connectivity index (χ4n) is 1.55. The van der Waals surface area contributed by atoms with Crippen molar-refractivity contribution in [1.29, 1.82) is 5.26 Å². The summed E-state index contributed by atoms with van der Waals surface area (Å²) in [6, 6.07) is 1.73. The number of hydrogen-bond acceptors (Lipinski definition) is 7. The summed E-state index contributed by atoms with van der Waals surface area (Å²) in [5.74, 6) is -0.0576. The lowest BCUT2D eigenvalue weighted by Gasteiger charge is -2.13. The van der Waals surface area contributed by atoms with Crippen molar-refractivity contribution in [2.75, 3.05) is 6.61 Å². The highest BCUT2D eigenvalue weighted by molar-refractivity contribution is 5.06. The quantitative estimate of drug-likeness (QED) is 0.520. The molecule has 0 radical (unpaired) electrons. The Kier molecular flexibility index (Phi) is 2.84. The van der Waals surface area contributed by atoms with Gasteiger partial charge in [-0.05, 0) is 0 Å². The Balaban J connectivity index is 2.20. The Morgan fingerprint density at radius 3 is 2.75 bits per heavy atom. The van der Waals surface area contributed by atoms with Crippen LogP contribution in [0.2, 0.25) is 0 Å². The van der Waals surface area contributed by atoms with Crippen molar-refractivity contribution in [3.63, 3.8) is 0 Å². The van der Waals surface area contributed by atoms with Crippen LogP contribution in [-0.2, 0) is 4.74 Å². The maximum absolute atomic E-state index is 9.64. The summed E-state index contributed by atoms with van der Waals surface area (Å²) in [4.78, 5) is 3.65. The molecule has 1 fully saturated rings. The van der Waals surface area contributed by atoms with Crippen LogP contribution in [0.5, 0.6) is 0 Å². The molecule has 0 bridgehead atoms. The fraction of sp³-hybridized carbons (Fsp3) is 0.625. The van der Waals surface area contributed by atoms with Crippen molar-refractivity contribution in [1.82, 2.24) is 14.8 Å². The lowest BCUT2D eigenvalue weighted by atomic mass is 10.1. The van der Waals surface area contributed by atoms with Crippen molar-refractivity contribution < 1.29 is 20.1 Å². The van der Waals surface area contributed by atoms with Gasteiger partial charge in [0.05, 0.1) is 6.61 Å². The summed E-state index contributed by atoms with van der Waals surface area (Å²) in [5, 5.41) is 40.3. The zero-order valence-electron chi connectivity index (χ0n) is 8.13. The first-order valence-corrected chi connectivity index (χ1v) is 4.61. The Labute approximate surface area is 90.3 Å². The number of hydrogen-bond donors (Lipinski definition) is 3. The minimum atomic E-state index is -1.22. The van der Waals surface area contributed by atoms with Crippen LogP contribution in [0.25, 0.3) is 0 Å². The first-order valence-electron chi connectivity index (χ1n) is 4.61. The van der Waals surface area contributed by atoms with E-state index in [1.165, 1.54) is 6.33 Å². The predicted octanol–water partition coefficient (Wildman–Crippen LogP) is -2.24. The molecular formula is C8H10N4O4. The van der Waals surface area contributed by atoms with Gasteiger partial charge in [-0.3, -0.25) is 0 Å². The summed E-state index contributed by atoms with van der Waals surface area (Å²) in [5.41, 5.74) is 0. The number of ether oxygens (including phenoxy) is 1. The van der Waals surface area contributed by atoms with E-state index >= 15 is 0 Å². The number of aliphatic hydroxyl groups excluding tert-OH is 3. The number of aromatic nitrogens is 3. The van der Waals surface area contributed by atoms with Crippen LogP contribution >= 0.6 is 0 Å². The molecular weight excluding hydrogens is 216 g/mol. The largest absolute Gasteiger partial charge is 0.394 e. The molecule has 8 nitrogen and oxygen atoms in total. The monoisotopic (exact) mass is 226 g/mol. The molecule has 1 aromatic heterocycles. The molecule has 1 aromatic rings. The number of nitrogens with zero attached hydrogens (tertiary/aromatic N) is 4. The molecule has 0 aromatic carbocycles. The van der Waals surface area contributed by atoms with E-state index in [0.717, 1.165) is 4.68 Å². The Hall–Kier alpha value is -1.53. The highest BCUT2D eigenvalue weighted by atomic mass is 16.6. The van der Waals surface area contributed by atoms with Gasteiger partial charge >= 0.3 is 0 Å². The normalized spacial score (nSPS) is 33.9. The molecule has 3 N–H and O–H groups in total. The first-order chi connectivity index (χ1) is 7.67. The van der Waals surface area contributed by atoms with Crippen LogP contribution in [0.15, 0.2) is 6.33 Å². The number of aliphatic hydroxyl groups is 3. The van der Waals surface area contributed by atoms with E-state index in [0.29, 0.717) is 0 Å². The molecule has 0 spiro atoms. The third-order valence-corrected chi connectivity index (χ3v) is 2.39. The van der Waals surface area contributed by atoms with Crippen molar-refractivity contribution in [2.45, 2.75) is 24.5 Å². The third-order valence-electron chi connectivity index (χ3n) is 2.39. The zero-order chi connectivity index (χ0) is 11.7. The van der Waals surface area contributed by atoms with E-state index < -0.39 is 31.1 Å². The molecule has 16 heavy (non-hydrogen) atoms. The molecule has 8 heteroatoms. The van der Waals surface area contributed by atoms with Gasteiger partial charge in [0, 0.05) is 0 Å². The van der Waals surface area contributed by atoms with Crippen molar-refractivity contribution in [2.24, 2.45) is 0 Å². The van der Waals surface area contributed by atoms with Gasteiger partial charge in [-0.1, -0.05) is 0 Å². The maximum atomic E-state index is 9.64. The lowest BCUT2D eigenvalue weighted by Crippen LogP contribution is -2.33. The average molecular weight is 226 g/mol. The topological polar surface area (TPSA) is 124 Å². The summed E-state index contributed by atoms with van der Waals surface area (Å²) in [6.07, 6.45) is -2.99. The van der Waals surface area contributed by atoms with Gasteiger partial charge < -0.3 is 20.1 Å². The van der Waals surface area contributed by atoms with E-state index in [1.54, 1.807) is 6.07 Å². The van der Waals surface area contributed by atoms with Crippen LogP contribution in [-0.4, -0.2) is 55.0 Å².